The molecule has 0 aliphatic carbocycles. The van der Waals surface area contributed by atoms with Crippen molar-refractivity contribution in [3.05, 3.63) is 0 Å². The molecule has 0 aliphatic rings. The van der Waals surface area contributed by atoms with Crippen LogP contribution in [0.4, 0.5) is 0 Å². The van der Waals surface area contributed by atoms with Gasteiger partial charge in [-0.05, 0) is 13.8 Å². The first-order chi connectivity index (χ1) is 6.24. The molecule has 0 aromatic carbocycles. The van der Waals surface area contributed by atoms with Gasteiger partial charge in [0.2, 0.25) is 0 Å². The predicted octanol–water partition coefficient (Wildman–Crippen LogP) is 2.63. The van der Waals surface area contributed by atoms with Gasteiger partial charge < -0.3 is 9.47 Å². The lowest BCUT2D eigenvalue weighted by Gasteiger charge is -2.28. The van der Waals surface area contributed by atoms with Crippen molar-refractivity contribution < 1.29 is 9.47 Å². The van der Waals surface area contributed by atoms with E-state index in [-0.39, 0.29) is 0 Å². The topological polar surface area (TPSA) is 18.5 Å². The van der Waals surface area contributed by atoms with Crippen molar-refractivity contribution in [1.82, 2.24) is 0 Å². The Hall–Kier alpha value is 0.137. The van der Waals surface area contributed by atoms with Gasteiger partial charge >= 0.3 is 0 Å². The van der Waals surface area contributed by atoms with E-state index in [9.17, 15) is 0 Å². The van der Waals surface area contributed by atoms with Crippen molar-refractivity contribution in [3.63, 3.8) is 0 Å². The Kier molecular flexibility index (Phi) is 7.61. The smallest absolute Gasteiger partial charge is 0.112 e. The van der Waals surface area contributed by atoms with E-state index >= 15 is 0 Å². The lowest BCUT2D eigenvalue weighted by atomic mass is 10.9. The van der Waals surface area contributed by atoms with Gasteiger partial charge in [0.15, 0.2) is 0 Å². The van der Waals surface area contributed by atoms with Crippen LogP contribution in [0.5, 0.6) is 0 Å². The zero-order valence-electron chi connectivity index (χ0n) is 9.56. The molecule has 0 saturated heterocycles. The summed E-state index contributed by atoms with van der Waals surface area (Å²) in [6, 6.07) is 2.53. The second-order valence-corrected chi connectivity index (χ2v) is 8.47. The van der Waals surface area contributed by atoms with E-state index in [0.717, 1.165) is 25.7 Å². The Balaban J connectivity index is 3.97. The van der Waals surface area contributed by atoms with Gasteiger partial charge in [-0.15, -0.1) is 0 Å². The molecule has 0 aromatic heterocycles. The molecule has 0 heterocycles. The fraction of sp³-hybridized carbons (Fsp3) is 1.00. The molecule has 80 valence electrons. The SMILES string of the molecule is CCOC[Si](CC)(CC)COCC. The summed E-state index contributed by atoms with van der Waals surface area (Å²) in [7, 11) is -1.23. The number of ether oxygens (including phenoxy) is 2. The van der Waals surface area contributed by atoms with E-state index in [0.29, 0.717) is 0 Å². The molecule has 0 amide bonds. The van der Waals surface area contributed by atoms with Gasteiger partial charge in [-0.3, -0.25) is 0 Å². The van der Waals surface area contributed by atoms with Crippen LogP contribution in [-0.4, -0.2) is 33.7 Å². The summed E-state index contributed by atoms with van der Waals surface area (Å²) in [5.74, 6) is 0. The Morgan fingerprint density at radius 3 is 1.38 bits per heavy atom. The second-order valence-electron chi connectivity index (χ2n) is 3.48. The summed E-state index contributed by atoms with van der Waals surface area (Å²) in [4.78, 5) is 0. The van der Waals surface area contributed by atoms with Crippen LogP contribution in [0.25, 0.3) is 0 Å². The van der Waals surface area contributed by atoms with E-state index in [2.05, 4.69) is 27.7 Å². The van der Waals surface area contributed by atoms with E-state index < -0.39 is 8.07 Å². The maximum atomic E-state index is 5.56. The molecule has 0 radical (unpaired) electrons. The molecule has 0 spiro atoms. The van der Waals surface area contributed by atoms with Crippen molar-refractivity contribution in [3.8, 4) is 0 Å². The maximum Gasteiger partial charge on any atom is 0.112 e. The third-order valence-corrected chi connectivity index (χ3v) is 7.36. The second kappa shape index (κ2) is 7.53. The minimum absolute atomic E-state index is 0.834. The molecule has 0 aromatic rings. The van der Waals surface area contributed by atoms with Crippen LogP contribution in [0.1, 0.15) is 27.7 Å². The summed E-state index contributed by atoms with van der Waals surface area (Å²) in [6.07, 6.45) is 1.94. The highest BCUT2D eigenvalue weighted by molar-refractivity contribution is 6.79. The summed E-state index contributed by atoms with van der Waals surface area (Å²) < 4.78 is 11.1. The van der Waals surface area contributed by atoms with E-state index in [1.54, 1.807) is 0 Å². The molecule has 0 unspecified atom stereocenters. The van der Waals surface area contributed by atoms with Crippen molar-refractivity contribution in [1.29, 1.82) is 0 Å². The Morgan fingerprint density at radius 2 is 1.15 bits per heavy atom. The largest absolute Gasteiger partial charge is 0.385 e. The molecule has 13 heavy (non-hydrogen) atoms. The zero-order chi connectivity index (χ0) is 10.2. The minimum atomic E-state index is -1.23. The van der Waals surface area contributed by atoms with E-state index in [1.807, 2.05) is 0 Å². The summed E-state index contributed by atoms with van der Waals surface area (Å²) in [6.45, 7) is 10.3. The zero-order valence-corrected chi connectivity index (χ0v) is 10.6. The lowest BCUT2D eigenvalue weighted by molar-refractivity contribution is 0.161. The molecule has 2 nitrogen and oxygen atoms in total. The lowest BCUT2D eigenvalue weighted by Crippen LogP contribution is -2.44. The van der Waals surface area contributed by atoms with Crippen LogP contribution < -0.4 is 0 Å². The fourth-order valence-electron chi connectivity index (χ4n) is 1.34. The van der Waals surface area contributed by atoms with Gasteiger partial charge in [0, 0.05) is 25.7 Å². The molecule has 0 N–H and O–H groups in total. The average molecular weight is 204 g/mol. The highest BCUT2D eigenvalue weighted by Gasteiger charge is 2.29. The molecule has 0 bridgehead atoms. The quantitative estimate of drug-likeness (QED) is 0.566. The van der Waals surface area contributed by atoms with Crippen molar-refractivity contribution in [2.75, 3.05) is 25.7 Å². The van der Waals surface area contributed by atoms with Crippen LogP contribution in [0.3, 0.4) is 0 Å². The van der Waals surface area contributed by atoms with Crippen molar-refractivity contribution >= 4 is 8.07 Å². The minimum Gasteiger partial charge on any atom is -0.385 e. The predicted molar refractivity (Wildman–Crippen MR) is 59.7 cm³/mol. The first-order valence-electron chi connectivity index (χ1n) is 5.40. The monoisotopic (exact) mass is 204 g/mol. The number of hydrogen-bond acceptors (Lipinski definition) is 2. The van der Waals surface area contributed by atoms with Crippen molar-refractivity contribution in [2.45, 2.75) is 39.8 Å². The molecule has 3 heteroatoms. The molecule has 0 aliphatic heterocycles. The summed E-state index contributed by atoms with van der Waals surface area (Å²) in [5, 5.41) is 0. The summed E-state index contributed by atoms with van der Waals surface area (Å²) >= 11 is 0. The normalized spacial score (nSPS) is 12.0. The van der Waals surface area contributed by atoms with Crippen LogP contribution >= 0.6 is 0 Å². The molecule has 0 fully saturated rings. The Bertz CT molecular complexity index is 103. The van der Waals surface area contributed by atoms with Crippen LogP contribution in [0.15, 0.2) is 0 Å². The molecular weight excluding hydrogens is 180 g/mol. The number of hydrogen-bond donors (Lipinski definition) is 0. The molecule has 0 atom stereocenters. The highest BCUT2D eigenvalue weighted by Crippen LogP contribution is 2.16. The molecular formula is C10H24O2Si. The van der Waals surface area contributed by atoms with Gasteiger partial charge in [0.25, 0.3) is 0 Å². The average Bonchev–Trinajstić information content (AvgIpc) is 2.20. The van der Waals surface area contributed by atoms with E-state index in [4.69, 9.17) is 9.47 Å². The van der Waals surface area contributed by atoms with Gasteiger partial charge in [-0.1, -0.05) is 25.9 Å². The van der Waals surface area contributed by atoms with Gasteiger partial charge in [-0.25, -0.2) is 0 Å². The maximum absolute atomic E-state index is 5.56. The van der Waals surface area contributed by atoms with Gasteiger partial charge in [0.05, 0.1) is 0 Å². The number of rotatable bonds is 8. The van der Waals surface area contributed by atoms with Gasteiger partial charge in [-0.2, -0.15) is 0 Å². The third kappa shape index (κ3) is 4.79. The first kappa shape index (κ1) is 13.1. The Morgan fingerprint density at radius 1 is 0.769 bits per heavy atom. The van der Waals surface area contributed by atoms with Crippen LogP contribution in [0, 0.1) is 0 Å². The van der Waals surface area contributed by atoms with E-state index in [1.165, 1.54) is 12.1 Å². The fourth-order valence-corrected chi connectivity index (χ4v) is 4.01. The highest BCUT2D eigenvalue weighted by atomic mass is 28.3. The Labute approximate surface area is 83.6 Å². The van der Waals surface area contributed by atoms with Gasteiger partial charge in [0.1, 0.15) is 8.07 Å². The third-order valence-electron chi connectivity index (χ3n) is 2.72. The standard InChI is InChI=1S/C10H24O2Si/c1-5-11-9-13(7-3,8-4)10-12-6-2/h5-10H2,1-4H3. The van der Waals surface area contributed by atoms with Crippen molar-refractivity contribution in [2.24, 2.45) is 0 Å². The molecule has 0 rings (SSSR count). The first-order valence-corrected chi connectivity index (χ1v) is 8.23. The van der Waals surface area contributed by atoms with Crippen LogP contribution in [-0.2, 0) is 9.47 Å². The van der Waals surface area contributed by atoms with Crippen LogP contribution in [0.2, 0.25) is 12.1 Å². The molecule has 0 saturated carbocycles. The summed E-state index contributed by atoms with van der Waals surface area (Å²) in [5.41, 5.74) is 0.